The van der Waals surface area contributed by atoms with Gasteiger partial charge in [-0.25, -0.2) is 4.98 Å². The Morgan fingerprint density at radius 1 is 0.899 bits per heavy atom. The summed E-state index contributed by atoms with van der Waals surface area (Å²) in [4.78, 5) is 103. The van der Waals surface area contributed by atoms with Crippen LogP contribution < -0.4 is 26.8 Å². The number of piperidine rings is 1. The van der Waals surface area contributed by atoms with Crippen molar-refractivity contribution in [3.63, 3.8) is 0 Å². The van der Waals surface area contributed by atoms with E-state index >= 15 is 0 Å². The molecule has 4 N–H and O–H groups in total. The molecule has 3 aliphatic heterocycles. The topological polar surface area (TPSA) is 204 Å². The molecule has 0 saturated carbocycles. The summed E-state index contributed by atoms with van der Waals surface area (Å²) in [5.41, 5.74) is 5.20. The number of fused-ring (bicyclic) bond motifs is 2. The molecular formula is C51H55N9O8S. The van der Waals surface area contributed by atoms with Gasteiger partial charge in [0.25, 0.3) is 23.3 Å². The normalized spacial score (nSPS) is 18.5. The number of piperazine rings is 1. The van der Waals surface area contributed by atoms with Crippen LogP contribution in [-0.2, 0) is 39.0 Å². The number of imide groups is 2. The van der Waals surface area contributed by atoms with Crippen molar-refractivity contribution in [2.75, 3.05) is 55.8 Å². The van der Waals surface area contributed by atoms with Crippen molar-refractivity contribution in [3.05, 3.63) is 121 Å². The third-order valence-corrected chi connectivity index (χ3v) is 14.6. The van der Waals surface area contributed by atoms with Gasteiger partial charge < -0.3 is 30.2 Å². The lowest BCUT2D eigenvalue weighted by atomic mass is 9.99. The summed E-state index contributed by atoms with van der Waals surface area (Å²) in [6.45, 7) is 7.69. The van der Waals surface area contributed by atoms with Gasteiger partial charge in [0.15, 0.2) is 5.82 Å². The molecule has 6 amide bonds. The third-order valence-electron chi connectivity index (χ3n) is 13.4. The highest BCUT2D eigenvalue weighted by atomic mass is 32.1. The summed E-state index contributed by atoms with van der Waals surface area (Å²) < 4.78 is 7.76. The number of benzene rings is 3. The Kier molecular flexibility index (Phi) is 13.1. The predicted molar refractivity (Wildman–Crippen MR) is 262 cm³/mol. The average Bonchev–Trinajstić information content (AvgIpc) is 3.87. The minimum absolute atomic E-state index is 0.0329. The Morgan fingerprint density at radius 3 is 2.39 bits per heavy atom. The summed E-state index contributed by atoms with van der Waals surface area (Å²) in [6, 6.07) is 18.3. The molecule has 18 heteroatoms. The van der Waals surface area contributed by atoms with Crippen molar-refractivity contribution >= 4 is 69.7 Å². The number of aryl methyl sites for hydroxylation is 3. The standard InChI is InChI=1S/C51H55N9O8S/c1-29-33(11-8-13-35(29)55-46(63)40-26-31-10-6-7-15-39(31)69-40)37-27-58(5)50(67)44(54-37)53-32-18-16-30(17-19-32)43-49(66)59(23-22-57(43)4)24-25-68-51(2,3)28-52-36-14-9-12-34-42(36)48(65)60(47(34)64)38-20-21-41(61)56-45(38)62/h8-9,11-14,16-19,26-27,38,43,52H,6-7,10,15,20-25,28H2,1-5H3,(H,53,54)(H,55,63)(H,56,61,62)/t38?,43-/m1/s1. The molecular weight excluding hydrogens is 899 g/mol. The molecule has 69 heavy (non-hydrogen) atoms. The van der Waals surface area contributed by atoms with E-state index in [0.717, 1.165) is 47.3 Å². The first-order chi connectivity index (χ1) is 33.1. The van der Waals surface area contributed by atoms with Crippen molar-refractivity contribution < 1.29 is 33.5 Å². The maximum absolute atomic E-state index is 14.0. The van der Waals surface area contributed by atoms with Gasteiger partial charge in [0.2, 0.25) is 17.7 Å². The maximum Gasteiger partial charge on any atom is 0.293 e. The molecule has 4 aliphatic rings. The Labute approximate surface area is 403 Å². The van der Waals surface area contributed by atoms with Crippen LogP contribution in [0.25, 0.3) is 11.3 Å². The highest BCUT2D eigenvalue weighted by Crippen LogP contribution is 2.35. The minimum atomic E-state index is -1.06. The van der Waals surface area contributed by atoms with Crippen LogP contribution in [0.4, 0.5) is 22.9 Å². The molecule has 358 valence electrons. The number of thiophene rings is 1. The second kappa shape index (κ2) is 19.2. The van der Waals surface area contributed by atoms with Crippen LogP contribution in [-0.4, -0.2) is 111 Å². The van der Waals surface area contributed by atoms with Crippen LogP contribution in [0.2, 0.25) is 0 Å². The predicted octanol–water partition coefficient (Wildman–Crippen LogP) is 5.82. The van der Waals surface area contributed by atoms with Gasteiger partial charge in [-0.05, 0) is 113 Å². The monoisotopic (exact) mass is 953 g/mol. The number of rotatable bonds is 14. The fraction of sp³-hybridized carbons (Fsp3) is 0.373. The zero-order valence-corrected chi connectivity index (χ0v) is 40.1. The highest BCUT2D eigenvalue weighted by molar-refractivity contribution is 7.14. The van der Waals surface area contributed by atoms with Crippen LogP contribution in [0.3, 0.4) is 0 Å². The second-order valence-corrected chi connectivity index (χ2v) is 19.8. The molecule has 5 aromatic rings. The van der Waals surface area contributed by atoms with E-state index < -0.39 is 41.3 Å². The molecule has 9 rings (SSSR count). The largest absolute Gasteiger partial charge is 0.381 e. The molecule has 1 aliphatic carbocycles. The van der Waals surface area contributed by atoms with E-state index in [2.05, 4.69) is 21.3 Å². The maximum atomic E-state index is 14.0. The molecule has 2 saturated heterocycles. The van der Waals surface area contributed by atoms with Gasteiger partial charge in [0.1, 0.15) is 12.1 Å². The number of carbonyl (C=O) groups excluding carboxylic acids is 6. The van der Waals surface area contributed by atoms with E-state index in [0.29, 0.717) is 47.3 Å². The number of aromatic nitrogens is 2. The van der Waals surface area contributed by atoms with Gasteiger partial charge in [0, 0.05) is 73.3 Å². The highest BCUT2D eigenvalue weighted by Gasteiger charge is 2.46. The first kappa shape index (κ1) is 47.1. The Bertz CT molecular complexity index is 2940. The number of hydrogen-bond acceptors (Lipinski definition) is 13. The van der Waals surface area contributed by atoms with Gasteiger partial charge >= 0.3 is 0 Å². The first-order valence-electron chi connectivity index (χ1n) is 23.3. The molecule has 0 spiro atoms. The number of ether oxygens (including phenoxy) is 1. The number of hydrogen-bond donors (Lipinski definition) is 4. The van der Waals surface area contributed by atoms with E-state index in [4.69, 9.17) is 9.72 Å². The molecule has 2 fully saturated rings. The van der Waals surface area contributed by atoms with E-state index in [1.54, 1.807) is 47.7 Å². The summed E-state index contributed by atoms with van der Waals surface area (Å²) in [7, 11) is 3.58. The molecule has 2 aromatic heterocycles. The van der Waals surface area contributed by atoms with Gasteiger partial charge in [-0.15, -0.1) is 11.3 Å². The summed E-state index contributed by atoms with van der Waals surface area (Å²) in [5.74, 6) is -2.37. The van der Waals surface area contributed by atoms with Gasteiger partial charge in [-0.3, -0.25) is 48.7 Å². The fourth-order valence-electron chi connectivity index (χ4n) is 9.49. The number of likely N-dealkylation sites (N-methyl/N-ethyl adjacent to an activating group) is 1. The molecule has 0 bridgehead atoms. The quantitative estimate of drug-likeness (QED) is 0.0974. The molecule has 17 nitrogen and oxygen atoms in total. The number of carbonyl (C=O) groups is 6. The van der Waals surface area contributed by atoms with E-state index in [-0.39, 0.29) is 60.3 Å². The average molecular weight is 954 g/mol. The van der Waals surface area contributed by atoms with Crippen LogP contribution in [0.15, 0.2) is 77.7 Å². The lowest BCUT2D eigenvalue weighted by Gasteiger charge is -2.39. The van der Waals surface area contributed by atoms with E-state index in [1.807, 2.05) is 81.2 Å². The van der Waals surface area contributed by atoms with Crippen LogP contribution in [0, 0.1) is 6.92 Å². The lowest BCUT2D eigenvalue weighted by molar-refractivity contribution is -0.143. The van der Waals surface area contributed by atoms with E-state index in [1.165, 1.54) is 15.0 Å². The summed E-state index contributed by atoms with van der Waals surface area (Å²) in [6.07, 6.45) is 6.12. The number of nitrogens with one attached hydrogen (secondary N) is 4. The number of nitrogens with zero attached hydrogens (tertiary/aromatic N) is 5. The van der Waals surface area contributed by atoms with Crippen molar-refractivity contribution in [3.8, 4) is 11.3 Å². The van der Waals surface area contributed by atoms with Crippen LogP contribution in [0.1, 0.15) is 97.5 Å². The minimum Gasteiger partial charge on any atom is -0.381 e. The zero-order chi connectivity index (χ0) is 48.7. The molecule has 5 heterocycles. The zero-order valence-electron chi connectivity index (χ0n) is 39.3. The van der Waals surface area contributed by atoms with Gasteiger partial charge in [0.05, 0.1) is 33.9 Å². The SMILES string of the molecule is Cc1c(NC(=O)c2cc3c(s2)CCCC3)cccc1-c1cn(C)c(=O)c(Nc2ccc([C@@H]3C(=O)N(CCOC(C)(C)CNc4cccc5c4C(=O)N(C4CCC(=O)NC4=O)C5=O)CCN3C)cc2)n1. The molecule has 3 aromatic carbocycles. The Hall–Kier alpha value is -7.02. The molecule has 1 unspecified atom stereocenters. The first-order valence-corrected chi connectivity index (χ1v) is 24.1. The second-order valence-electron chi connectivity index (χ2n) is 18.7. The smallest absolute Gasteiger partial charge is 0.293 e. The fourth-order valence-corrected chi connectivity index (χ4v) is 10.6. The van der Waals surface area contributed by atoms with Gasteiger partial charge in [-0.2, -0.15) is 0 Å². The van der Waals surface area contributed by atoms with Crippen molar-refractivity contribution in [1.29, 1.82) is 0 Å². The van der Waals surface area contributed by atoms with Crippen LogP contribution in [0.5, 0.6) is 0 Å². The number of amides is 6. The summed E-state index contributed by atoms with van der Waals surface area (Å²) >= 11 is 1.57. The van der Waals surface area contributed by atoms with Crippen molar-refractivity contribution in [2.24, 2.45) is 7.05 Å². The van der Waals surface area contributed by atoms with Gasteiger partial charge in [-0.1, -0.05) is 30.3 Å². The number of anilines is 4. The molecule has 0 radical (unpaired) electrons. The summed E-state index contributed by atoms with van der Waals surface area (Å²) in [5, 5.41) is 11.8. The Morgan fingerprint density at radius 2 is 1.64 bits per heavy atom. The van der Waals surface area contributed by atoms with Crippen molar-refractivity contribution in [1.82, 2.24) is 29.6 Å². The van der Waals surface area contributed by atoms with E-state index in [9.17, 15) is 33.6 Å². The lowest BCUT2D eigenvalue weighted by Crippen LogP contribution is -2.54. The third kappa shape index (κ3) is 9.56. The van der Waals surface area contributed by atoms with Crippen molar-refractivity contribution in [2.45, 2.75) is 77.0 Å². The molecule has 2 atom stereocenters. The van der Waals surface area contributed by atoms with Crippen LogP contribution >= 0.6 is 11.3 Å². The Balaban J connectivity index is 0.809.